The molecule has 0 N–H and O–H groups in total. The molecule has 1 aliphatic carbocycles. The third kappa shape index (κ3) is 1.43. The smallest absolute Gasteiger partial charge is 0.166 e. The van der Waals surface area contributed by atoms with Crippen LogP contribution in [-0.2, 0) is 6.42 Å². The average molecular weight is 196 g/mol. The molecule has 1 atom stereocenters. The number of halogens is 2. The van der Waals surface area contributed by atoms with Gasteiger partial charge in [0.2, 0.25) is 0 Å². The van der Waals surface area contributed by atoms with E-state index >= 15 is 0 Å². The van der Waals surface area contributed by atoms with Gasteiger partial charge in [0.25, 0.3) is 0 Å². The van der Waals surface area contributed by atoms with E-state index in [0.29, 0.717) is 18.4 Å². The van der Waals surface area contributed by atoms with Crippen LogP contribution in [0.15, 0.2) is 12.1 Å². The Hall–Kier alpha value is -1.25. The molecule has 0 aromatic heterocycles. The summed E-state index contributed by atoms with van der Waals surface area (Å²) < 4.78 is 26.1. The van der Waals surface area contributed by atoms with Crippen LogP contribution in [0.4, 0.5) is 8.78 Å². The number of rotatable bonds is 0. The number of ketones is 1. The fourth-order valence-electron chi connectivity index (χ4n) is 1.97. The van der Waals surface area contributed by atoms with Gasteiger partial charge < -0.3 is 0 Å². The number of fused-ring (bicyclic) bond motifs is 1. The van der Waals surface area contributed by atoms with Crippen molar-refractivity contribution in [3.63, 3.8) is 0 Å². The number of carbonyl (C=O) groups excluding carboxylic acids is 1. The van der Waals surface area contributed by atoms with Crippen molar-refractivity contribution < 1.29 is 13.6 Å². The summed E-state index contributed by atoms with van der Waals surface area (Å²) in [6.07, 6.45) is 0.936. The van der Waals surface area contributed by atoms with E-state index in [9.17, 15) is 13.6 Å². The van der Waals surface area contributed by atoms with Crippen LogP contribution in [-0.4, -0.2) is 5.78 Å². The Morgan fingerprint density at radius 2 is 2.00 bits per heavy atom. The number of benzene rings is 1. The molecule has 2 rings (SSSR count). The van der Waals surface area contributed by atoms with Crippen molar-refractivity contribution in [2.24, 2.45) is 5.92 Å². The van der Waals surface area contributed by atoms with Crippen LogP contribution in [0.3, 0.4) is 0 Å². The highest BCUT2D eigenvalue weighted by atomic mass is 19.1. The second kappa shape index (κ2) is 3.15. The van der Waals surface area contributed by atoms with Gasteiger partial charge in [0, 0.05) is 12.5 Å². The van der Waals surface area contributed by atoms with Crippen molar-refractivity contribution >= 4 is 5.78 Å². The van der Waals surface area contributed by atoms with Crippen LogP contribution in [0.1, 0.15) is 29.3 Å². The SMILES string of the molecule is CC1CC(=O)c2c(F)cc(F)cc2C1. The molecule has 1 aliphatic rings. The number of hydrogen-bond donors (Lipinski definition) is 0. The molecular formula is C11H10F2O. The highest BCUT2D eigenvalue weighted by molar-refractivity contribution is 5.98. The monoisotopic (exact) mass is 196 g/mol. The fourth-order valence-corrected chi connectivity index (χ4v) is 1.97. The van der Waals surface area contributed by atoms with Gasteiger partial charge in [-0.25, -0.2) is 8.78 Å². The van der Waals surface area contributed by atoms with E-state index in [1.807, 2.05) is 6.92 Å². The molecule has 1 aromatic carbocycles. The molecule has 3 heteroatoms. The first-order chi connectivity index (χ1) is 6.58. The predicted octanol–water partition coefficient (Wildman–Crippen LogP) is 2.73. The van der Waals surface area contributed by atoms with Gasteiger partial charge in [0.15, 0.2) is 5.78 Å². The van der Waals surface area contributed by atoms with Crippen molar-refractivity contribution in [3.05, 3.63) is 34.9 Å². The fraction of sp³-hybridized carbons (Fsp3) is 0.364. The molecule has 14 heavy (non-hydrogen) atoms. The van der Waals surface area contributed by atoms with E-state index in [4.69, 9.17) is 0 Å². The predicted molar refractivity (Wildman–Crippen MR) is 48.2 cm³/mol. The van der Waals surface area contributed by atoms with Gasteiger partial charge in [-0.3, -0.25) is 4.79 Å². The standard InChI is InChI=1S/C11H10F2O/c1-6-2-7-4-8(12)5-9(13)11(7)10(14)3-6/h4-6H,2-3H2,1H3. The second-order valence-electron chi connectivity index (χ2n) is 3.86. The molecule has 1 nitrogen and oxygen atoms in total. The molecule has 0 saturated heterocycles. The van der Waals surface area contributed by atoms with Crippen LogP contribution in [0.25, 0.3) is 0 Å². The molecule has 0 fully saturated rings. The zero-order valence-corrected chi connectivity index (χ0v) is 7.81. The van der Waals surface area contributed by atoms with Crippen LogP contribution >= 0.6 is 0 Å². The third-order valence-electron chi connectivity index (χ3n) is 2.52. The van der Waals surface area contributed by atoms with Crippen molar-refractivity contribution in [2.75, 3.05) is 0 Å². The Morgan fingerprint density at radius 1 is 1.29 bits per heavy atom. The highest BCUT2D eigenvalue weighted by Gasteiger charge is 2.25. The molecule has 0 heterocycles. The van der Waals surface area contributed by atoms with Gasteiger partial charge in [-0.15, -0.1) is 0 Å². The Bertz CT molecular complexity index is 399. The maximum atomic E-state index is 13.2. The average Bonchev–Trinajstić information content (AvgIpc) is 1.99. The summed E-state index contributed by atoms with van der Waals surface area (Å²) in [7, 11) is 0. The first-order valence-electron chi connectivity index (χ1n) is 4.59. The van der Waals surface area contributed by atoms with Gasteiger partial charge in [-0.05, 0) is 24.0 Å². The maximum absolute atomic E-state index is 13.2. The molecule has 0 saturated carbocycles. The van der Waals surface area contributed by atoms with Crippen molar-refractivity contribution in [2.45, 2.75) is 19.8 Å². The zero-order chi connectivity index (χ0) is 10.3. The minimum Gasteiger partial charge on any atom is -0.294 e. The summed E-state index contributed by atoms with van der Waals surface area (Å²) >= 11 is 0. The summed E-state index contributed by atoms with van der Waals surface area (Å²) in [5.74, 6) is -1.37. The van der Waals surface area contributed by atoms with Gasteiger partial charge in [0.05, 0.1) is 5.56 Å². The van der Waals surface area contributed by atoms with Crippen molar-refractivity contribution in [1.29, 1.82) is 0 Å². The second-order valence-corrected chi connectivity index (χ2v) is 3.86. The molecule has 1 aromatic rings. The lowest BCUT2D eigenvalue weighted by molar-refractivity contribution is 0.0948. The summed E-state index contributed by atoms with van der Waals surface area (Å²) in [6.45, 7) is 1.91. The summed E-state index contributed by atoms with van der Waals surface area (Å²) in [5, 5.41) is 0. The van der Waals surface area contributed by atoms with Crippen LogP contribution in [0.2, 0.25) is 0 Å². The topological polar surface area (TPSA) is 17.1 Å². The Morgan fingerprint density at radius 3 is 2.71 bits per heavy atom. The van der Waals surface area contributed by atoms with Crippen molar-refractivity contribution in [1.82, 2.24) is 0 Å². The molecule has 1 unspecified atom stereocenters. The number of carbonyl (C=O) groups is 1. The quantitative estimate of drug-likeness (QED) is 0.623. The van der Waals surface area contributed by atoms with Gasteiger partial charge in [-0.1, -0.05) is 6.92 Å². The molecule has 0 amide bonds. The Kier molecular flexibility index (Phi) is 2.10. The first-order valence-corrected chi connectivity index (χ1v) is 4.59. The summed E-state index contributed by atoms with van der Waals surface area (Å²) in [4.78, 5) is 11.5. The lowest BCUT2D eigenvalue weighted by atomic mass is 9.84. The maximum Gasteiger partial charge on any atom is 0.166 e. The van der Waals surface area contributed by atoms with Crippen LogP contribution in [0, 0.1) is 17.6 Å². The molecule has 74 valence electrons. The highest BCUT2D eigenvalue weighted by Crippen LogP contribution is 2.27. The van der Waals surface area contributed by atoms with E-state index in [-0.39, 0.29) is 17.3 Å². The van der Waals surface area contributed by atoms with Crippen molar-refractivity contribution in [3.8, 4) is 0 Å². The first kappa shape index (κ1) is 9.31. The minimum absolute atomic E-state index is 0.0875. The summed E-state index contributed by atoms with van der Waals surface area (Å²) in [6, 6.07) is 2.03. The van der Waals surface area contributed by atoms with E-state index < -0.39 is 11.6 Å². The largest absolute Gasteiger partial charge is 0.294 e. The van der Waals surface area contributed by atoms with Crippen LogP contribution in [0.5, 0.6) is 0 Å². The van der Waals surface area contributed by atoms with E-state index in [0.717, 1.165) is 6.07 Å². The molecular weight excluding hydrogens is 186 g/mol. The van der Waals surface area contributed by atoms with E-state index in [2.05, 4.69) is 0 Å². The van der Waals surface area contributed by atoms with Gasteiger partial charge >= 0.3 is 0 Å². The van der Waals surface area contributed by atoms with Gasteiger partial charge in [-0.2, -0.15) is 0 Å². The number of hydrogen-bond acceptors (Lipinski definition) is 1. The lowest BCUT2D eigenvalue weighted by Gasteiger charge is -2.20. The van der Waals surface area contributed by atoms with E-state index in [1.54, 1.807) is 0 Å². The minimum atomic E-state index is -0.725. The zero-order valence-electron chi connectivity index (χ0n) is 7.81. The number of Topliss-reactive ketones (excluding diaryl/α,β-unsaturated/α-hetero) is 1. The van der Waals surface area contributed by atoms with Gasteiger partial charge in [0.1, 0.15) is 11.6 Å². The summed E-state index contributed by atoms with van der Waals surface area (Å²) in [5.41, 5.74) is 0.593. The molecule has 0 aliphatic heterocycles. The molecule has 0 spiro atoms. The third-order valence-corrected chi connectivity index (χ3v) is 2.52. The lowest BCUT2D eigenvalue weighted by Crippen LogP contribution is -2.19. The molecule has 0 radical (unpaired) electrons. The normalized spacial score (nSPS) is 20.8. The molecule has 0 bridgehead atoms. The van der Waals surface area contributed by atoms with Crippen LogP contribution < -0.4 is 0 Å². The van der Waals surface area contributed by atoms with E-state index in [1.165, 1.54) is 6.07 Å². The Labute approximate surface area is 80.7 Å². The Balaban J connectivity index is 2.59.